The van der Waals surface area contributed by atoms with Gasteiger partial charge in [0.15, 0.2) is 0 Å². The standard InChI is InChI=1S/C16H17Cl2N3O3/c1-9(16(22)21-15-5-4-10(17)8-19-15)20-12-6-11(18)13(23-2)7-14(12)24-3/h4-9,20H,1-3H3,(H,19,21,22)/t9-/m0/s1. The van der Waals surface area contributed by atoms with Crippen LogP contribution in [0.1, 0.15) is 6.92 Å². The molecule has 0 unspecified atom stereocenters. The van der Waals surface area contributed by atoms with Crippen LogP contribution in [0, 0.1) is 0 Å². The highest BCUT2D eigenvalue weighted by atomic mass is 35.5. The number of aromatic nitrogens is 1. The topological polar surface area (TPSA) is 72.5 Å². The summed E-state index contributed by atoms with van der Waals surface area (Å²) in [5.41, 5.74) is 0.579. The summed E-state index contributed by atoms with van der Waals surface area (Å²) in [5.74, 6) is 1.15. The quantitative estimate of drug-likeness (QED) is 0.808. The molecule has 0 fully saturated rings. The number of carbonyl (C=O) groups is 1. The highest BCUT2D eigenvalue weighted by molar-refractivity contribution is 6.32. The number of methoxy groups -OCH3 is 2. The Kier molecular flexibility index (Phi) is 6.11. The predicted octanol–water partition coefficient (Wildman–Crippen LogP) is 3.84. The molecule has 1 aromatic heterocycles. The van der Waals surface area contributed by atoms with Crippen LogP contribution in [0.4, 0.5) is 11.5 Å². The van der Waals surface area contributed by atoms with Crippen molar-refractivity contribution in [3.05, 3.63) is 40.5 Å². The fourth-order valence-electron chi connectivity index (χ4n) is 1.96. The minimum atomic E-state index is -0.555. The first-order valence-electron chi connectivity index (χ1n) is 7.05. The molecule has 1 aromatic carbocycles. The fourth-order valence-corrected chi connectivity index (χ4v) is 2.31. The number of ether oxygens (including phenoxy) is 2. The van der Waals surface area contributed by atoms with Gasteiger partial charge in [0.05, 0.1) is 30.0 Å². The second-order valence-corrected chi connectivity index (χ2v) is 5.75. The summed E-state index contributed by atoms with van der Waals surface area (Å²) in [5, 5.41) is 6.66. The van der Waals surface area contributed by atoms with Gasteiger partial charge in [0.2, 0.25) is 5.91 Å². The number of amides is 1. The average Bonchev–Trinajstić information content (AvgIpc) is 2.57. The third kappa shape index (κ3) is 4.43. The first kappa shape index (κ1) is 18.2. The minimum Gasteiger partial charge on any atom is -0.495 e. The maximum atomic E-state index is 12.3. The normalized spacial score (nSPS) is 11.5. The highest BCUT2D eigenvalue weighted by Crippen LogP contribution is 2.36. The summed E-state index contributed by atoms with van der Waals surface area (Å²) in [6, 6.07) is 6.01. The molecule has 2 rings (SSSR count). The zero-order chi connectivity index (χ0) is 17.7. The lowest BCUT2D eigenvalue weighted by atomic mass is 10.2. The van der Waals surface area contributed by atoms with Crippen LogP contribution < -0.4 is 20.1 Å². The van der Waals surface area contributed by atoms with Crippen molar-refractivity contribution in [1.82, 2.24) is 4.98 Å². The van der Waals surface area contributed by atoms with Crippen LogP contribution in [0.2, 0.25) is 10.0 Å². The molecule has 2 N–H and O–H groups in total. The van der Waals surface area contributed by atoms with Gasteiger partial charge in [0, 0.05) is 12.3 Å². The van der Waals surface area contributed by atoms with Crippen molar-refractivity contribution in [2.45, 2.75) is 13.0 Å². The van der Waals surface area contributed by atoms with Gasteiger partial charge in [0.25, 0.3) is 0 Å². The molecule has 6 nitrogen and oxygen atoms in total. The number of hydrogen-bond acceptors (Lipinski definition) is 5. The van der Waals surface area contributed by atoms with E-state index in [4.69, 9.17) is 32.7 Å². The van der Waals surface area contributed by atoms with Gasteiger partial charge in [-0.15, -0.1) is 0 Å². The first-order valence-corrected chi connectivity index (χ1v) is 7.80. The molecule has 0 aliphatic rings. The lowest BCUT2D eigenvalue weighted by Crippen LogP contribution is -2.32. The van der Waals surface area contributed by atoms with Gasteiger partial charge in [-0.05, 0) is 25.1 Å². The minimum absolute atomic E-state index is 0.265. The zero-order valence-electron chi connectivity index (χ0n) is 13.4. The Hall–Kier alpha value is -2.18. The predicted molar refractivity (Wildman–Crippen MR) is 95.5 cm³/mol. The average molecular weight is 370 g/mol. The Balaban J connectivity index is 2.10. The SMILES string of the molecule is COc1cc(OC)c(N[C@@H](C)C(=O)Nc2ccc(Cl)cn2)cc1Cl. The van der Waals surface area contributed by atoms with E-state index in [1.165, 1.54) is 20.4 Å². The van der Waals surface area contributed by atoms with Crippen molar-refractivity contribution in [3.8, 4) is 11.5 Å². The summed E-state index contributed by atoms with van der Waals surface area (Å²) in [6.45, 7) is 1.71. The number of hydrogen-bond donors (Lipinski definition) is 2. The van der Waals surface area contributed by atoms with E-state index in [9.17, 15) is 4.79 Å². The molecule has 0 saturated carbocycles. The maximum Gasteiger partial charge on any atom is 0.247 e. The Labute approximate surface area is 150 Å². The smallest absolute Gasteiger partial charge is 0.247 e. The van der Waals surface area contributed by atoms with Gasteiger partial charge in [-0.2, -0.15) is 0 Å². The number of rotatable bonds is 6. The van der Waals surface area contributed by atoms with Crippen molar-refractivity contribution in [2.24, 2.45) is 0 Å². The number of nitrogens with zero attached hydrogens (tertiary/aromatic N) is 1. The lowest BCUT2D eigenvalue weighted by molar-refractivity contribution is -0.116. The molecule has 0 aliphatic carbocycles. The third-order valence-electron chi connectivity index (χ3n) is 3.22. The Morgan fingerprint density at radius 2 is 1.88 bits per heavy atom. The second-order valence-electron chi connectivity index (χ2n) is 4.90. The molecule has 1 amide bonds. The van der Waals surface area contributed by atoms with Crippen molar-refractivity contribution < 1.29 is 14.3 Å². The van der Waals surface area contributed by atoms with Crippen molar-refractivity contribution in [3.63, 3.8) is 0 Å². The van der Waals surface area contributed by atoms with Gasteiger partial charge < -0.3 is 20.1 Å². The number of carbonyl (C=O) groups excluding carboxylic acids is 1. The van der Waals surface area contributed by atoms with Gasteiger partial charge in [-0.3, -0.25) is 4.79 Å². The molecule has 0 saturated heterocycles. The molecule has 0 bridgehead atoms. The van der Waals surface area contributed by atoms with Crippen LogP contribution in [0.15, 0.2) is 30.5 Å². The molecule has 0 radical (unpaired) electrons. The van der Waals surface area contributed by atoms with Crippen LogP contribution in [0.5, 0.6) is 11.5 Å². The molecule has 24 heavy (non-hydrogen) atoms. The molecule has 1 atom stereocenters. The van der Waals surface area contributed by atoms with Crippen molar-refractivity contribution in [1.29, 1.82) is 0 Å². The van der Waals surface area contributed by atoms with Crippen molar-refractivity contribution >= 4 is 40.6 Å². The number of halogens is 2. The summed E-state index contributed by atoms with van der Waals surface area (Å²) in [6.07, 6.45) is 1.46. The molecule has 128 valence electrons. The molecule has 8 heteroatoms. The van der Waals surface area contributed by atoms with Gasteiger partial charge in [-0.1, -0.05) is 23.2 Å². The fraction of sp³-hybridized carbons (Fsp3) is 0.250. The summed E-state index contributed by atoms with van der Waals surface area (Å²) >= 11 is 11.9. The van der Waals surface area contributed by atoms with Gasteiger partial charge >= 0.3 is 0 Å². The number of nitrogens with one attached hydrogen (secondary N) is 2. The monoisotopic (exact) mass is 369 g/mol. The summed E-state index contributed by atoms with van der Waals surface area (Å²) in [7, 11) is 3.04. The Morgan fingerprint density at radius 3 is 2.46 bits per heavy atom. The number of pyridine rings is 1. The van der Waals surface area contributed by atoms with E-state index >= 15 is 0 Å². The van der Waals surface area contributed by atoms with E-state index in [-0.39, 0.29) is 5.91 Å². The van der Waals surface area contributed by atoms with E-state index in [0.717, 1.165) is 0 Å². The Morgan fingerprint density at radius 1 is 1.17 bits per heavy atom. The first-order chi connectivity index (χ1) is 11.4. The Bertz CT molecular complexity index is 723. The van der Waals surface area contributed by atoms with Crippen LogP contribution in [-0.4, -0.2) is 31.2 Å². The van der Waals surface area contributed by atoms with Gasteiger partial charge in [0.1, 0.15) is 23.4 Å². The van der Waals surface area contributed by atoms with Crippen LogP contribution in [0.25, 0.3) is 0 Å². The van der Waals surface area contributed by atoms with E-state index < -0.39 is 6.04 Å². The van der Waals surface area contributed by atoms with Crippen LogP contribution >= 0.6 is 23.2 Å². The molecule has 0 spiro atoms. The zero-order valence-corrected chi connectivity index (χ0v) is 14.9. The van der Waals surface area contributed by atoms with E-state index in [1.54, 1.807) is 31.2 Å². The lowest BCUT2D eigenvalue weighted by Gasteiger charge is -2.18. The molecule has 1 heterocycles. The summed E-state index contributed by atoms with van der Waals surface area (Å²) in [4.78, 5) is 16.3. The molecule has 0 aliphatic heterocycles. The maximum absolute atomic E-state index is 12.3. The van der Waals surface area contributed by atoms with Gasteiger partial charge in [-0.25, -0.2) is 4.98 Å². The van der Waals surface area contributed by atoms with Crippen LogP contribution in [-0.2, 0) is 4.79 Å². The molecule has 2 aromatic rings. The molecular formula is C16H17Cl2N3O3. The van der Waals surface area contributed by atoms with Crippen LogP contribution in [0.3, 0.4) is 0 Å². The second kappa shape index (κ2) is 8.08. The number of anilines is 2. The van der Waals surface area contributed by atoms with Crippen molar-refractivity contribution in [2.75, 3.05) is 24.9 Å². The number of benzene rings is 1. The largest absolute Gasteiger partial charge is 0.495 e. The third-order valence-corrected chi connectivity index (χ3v) is 3.74. The van der Waals surface area contributed by atoms with E-state index in [1.807, 2.05) is 0 Å². The summed E-state index contributed by atoms with van der Waals surface area (Å²) < 4.78 is 10.4. The van der Waals surface area contributed by atoms with E-state index in [0.29, 0.717) is 33.0 Å². The van der Waals surface area contributed by atoms with E-state index in [2.05, 4.69) is 15.6 Å². The highest BCUT2D eigenvalue weighted by Gasteiger charge is 2.17. The molecular weight excluding hydrogens is 353 g/mol.